The van der Waals surface area contributed by atoms with E-state index in [-0.39, 0.29) is 25.0 Å². The summed E-state index contributed by atoms with van der Waals surface area (Å²) in [4.78, 5) is 41.2. The van der Waals surface area contributed by atoms with E-state index in [0.717, 1.165) is 16.9 Å². The number of halogens is 1. The Balaban J connectivity index is 1.33. The molecule has 0 bridgehead atoms. The molecule has 3 heterocycles. The van der Waals surface area contributed by atoms with Gasteiger partial charge in [-0.15, -0.1) is 0 Å². The van der Waals surface area contributed by atoms with E-state index in [1.54, 1.807) is 19.1 Å². The number of pyridine rings is 1. The van der Waals surface area contributed by atoms with E-state index in [9.17, 15) is 14.7 Å². The number of nitrogens with zero attached hydrogens (tertiary/aromatic N) is 4. The maximum Gasteiger partial charge on any atom is 0.255 e. The number of hydrogen-bond acceptors (Lipinski definition) is 7. The third kappa shape index (κ3) is 5.59. The van der Waals surface area contributed by atoms with Gasteiger partial charge < -0.3 is 20.6 Å². The number of para-hydroxylation sites is 1. The first-order chi connectivity index (χ1) is 18.8. The van der Waals surface area contributed by atoms with Crippen molar-refractivity contribution >= 4 is 35.1 Å². The van der Waals surface area contributed by atoms with Gasteiger partial charge in [0.25, 0.3) is 5.91 Å². The van der Waals surface area contributed by atoms with Crippen molar-refractivity contribution in [3.8, 4) is 11.3 Å². The fraction of sp³-hybridized carbons (Fsp3) is 0.207. The van der Waals surface area contributed by atoms with Crippen molar-refractivity contribution in [3.05, 3.63) is 100 Å². The summed E-state index contributed by atoms with van der Waals surface area (Å²) in [6.45, 7) is 3.48. The lowest BCUT2D eigenvalue weighted by molar-refractivity contribution is -0.126. The van der Waals surface area contributed by atoms with E-state index in [2.05, 4.69) is 25.6 Å². The summed E-state index contributed by atoms with van der Waals surface area (Å²) in [7, 11) is 0. The number of aromatic nitrogens is 3. The van der Waals surface area contributed by atoms with Crippen molar-refractivity contribution in [2.45, 2.75) is 32.5 Å². The van der Waals surface area contributed by atoms with E-state index in [1.807, 2.05) is 61.5 Å². The van der Waals surface area contributed by atoms with Crippen molar-refractivity contribution in [2.24, 2.45) is 0 Å². The molecule has 0 fully saturated rings. The lowest BCUT2D eigenvalue weighted by atomic mass is 10.0. The summed E-state index contributed by atoms with van der Waals surface area (Å²) in [5, 5.41) is 16.2. The molecule has 9 nitrogen and oxygen atoms in total. The number of hydrogen-bond donors (Lipinski definition) is 3. The number of nitrogens with one attached hydrogen (secondary N) is 2. The molecule has 1 aliphatic rings. The van der Waals surface area contributed by atoms with Crippen LogP contribution in [-0.4, -0.2) is 49.4 Å². The van der Waals surface area contributed by atoms with E-state index >= 15 is 0 Å². The molecule has 39 heavy (non-hydrogen) atoms. The number of aryl methyl sites for hydroxylation is 1. The first-order valence-corrected chi connectivity index (χ1v) is 12.9. The second kappa shape index (κ2) is 11.2. The largest absolute Gasteiger partial charge is 0.394 e. The van der Waals surface area contributed by atoms with Gasteiger partial charge in [0.2, 0.25) is 11.9 Å². The van der Waals surface area contributed by atoms with Crippen LogP contribution in [0.15, 0.2) is 72.9 Å². The fourth-order valence-corrected chi connectivity index (χ4v) is 4.67. The third-order valence-electron chi connectivity index (χ3n) is 6.60. The molecule has 0 saturated heterocycles. The van der Waals surface area contributed by atoms with Crippen LogP contribution < -0.4 is 10.6 Å². The van der Waals surface area contributed by atoms with Gasteiger partial charge in [0.1, 0.15) is 6.04 Å². The molecule has 2 aromatic heterocycles. The van der Waals surface area contributed by atoms with Gasteiger partial charge in [0.05, 0.1) is 35.3 Å². The minimum atomic E-state index is -0.767. The molecule has 0 saturated carbocycles. The van der Waals surface area contributed by atoms with Crippen LogP contribution in [0.25, 0.3) is 11.3 Å². The number of anilines is 2. The topological polar surface area (TPSA) is 120 Å². The van der Waals surface area contributed by atoms with Crippen LogP contribution in [0.2, 0.25) is 5.02 Å². The lowest BCUT2D eigenvalue weighted by Gasteiger charge is -2.25. The number of fused-ring (bicyclic) bond motifs is 1. The molecular formula is C29H27ClN6O3. The number of carbonyl (C=O) groups is 2. The standard InChI is InChI=1S/C29H27ClN6O3/c1-17-7-6-10-24(32-17)25(16-37)34-27(38)18(2)36-15-20-12-11-19(13-22(20)28(36)39)26-23(30)14-31-29(35-26)33-21-8-4-3-5-9-21/h3-14,18,25,37H,15-16H2,1-2H3,(H,34,38)(H,31,33,35)/t18-,25-/m1/s1. The number of amides is 2. The van der Waals surface area contributed by atoms with Crippen molar-refractivity contribution < 1.29 is 14.7 Å². The number of rotatable bonds is 8. The number of benzene rings is 2. The van der Waals surface area contributed by atoms with Crippen molar-refractivity contribution in [1.82, 2.24) is 25.2 Å². The molecule has 5 rings (SSSR count). The van der Waals surface area contributed by atoms with E-state index < -0.39 is 12.1 Å². The Morgan fingerprint density at radius 1 is 1.10 bits per heavy atom. The molecule has 0 spiro atoms. The molecule has 10 heteroatoms. The second-order valence-corrected chi connectivity index (χ2v) is 9.72. The minimum Gasteiger partial charge on any atom is -0.394 e. The normalized spacial score (nSPS) is 14.1. The van der Waals surface area contributed by atoms with Gasteiger partial charge in [-0.2, -0.15) is 0 Å². The average Bonchev–Trinajstić information content (AvgIpc) is 3.28. The predicted molar refractivity (Wildman–Crippen MR) is 148 cm³/mol. The zero-order chi connectivity index (χ0) is 27.5. The Morgan fingerprint density at radius 3 is 2.64 bits per heavy atom. The Hall–Kier alpha value is -4.34. The molecule has 2 aromatic carbocycles. The summed E-state index contributed by atoms with van der Waals surface area (Å²) in [5.74, 6) is -0.272. The molecule has 1 aliphatic heterocycles. The van der Waals surface area contributed by atoms with Gasteiger partial charge in [0, 0.05) is 29.1 Å². The van der Waals surface area contributed by atoms with E-state index in [0.29, 0.717) is 33.5 Å². The van der Waals surface area contributed by atoms with Gasteiger partial charge in [-0.3, -0.25) is 14.6 Å². The van der Waals surface area contributed by atoms with Crippen LogP contribution >= 0.6 is 11.6 Å². The number of aliphatic hydroxyl groups excluding tert-OH is 1. The van der Waals surface area contributed by atoms with Gasteiger partial charge >= 0.3 is 0 Å². The summed E-state index contributed by atoms with van der Waals surface area (Å²) < 4.78 is 0. The van der Waals surface area contributed by atoms with Crippen LogP contribution in [0.5, 0.6) is 0 Å². The Labute approximate surface area is 230 Å². The van der Waals surface area contributed by atoms with Crippen LogP contribution in [0.1, 0.15) is 40.3 Å². The summed E-state index contributed by atoms with van der Waals surface area (Å²) in [5.41, 5.74) is 4.60. The lowest BCUT2D eigenvalue weighted by Crippen LogP contribution is -2.46. The van der Waals surface area contributed by atoms with Crippen molar-refractivity contribution in [2.75, 3.05) is 11.9 Å². The molecule has 3 N–H and O–H groups in total. The average molecular weight is 543 g/mol. The highest BCUT2D eigenvalue weighted by atomic mass is 35.5. The quantitative estimate of drug-likeness (QED) is 0.301. The fourth-order valence-electron chi connectivity index (χ4n) is 4.47. The van der Waals surface area contributed by atoms with Crippen molar-refractivity contribution in [1.29, 1.82) is 0 Å². The predicted octanol–water partition coefficient (Wildman–Crippen LogP) is 4.44. The monoisotopic (exact) mass is 542 g/mol. The zero-order valence-corrected chi connectivity index (χ0v) is 22.2. The molecule has 0 unspecified atom stereocenters. The first-order valence-electron chi connectivity index (χ1n) is 12.5. The minimum absolute atomic E-state index is 0.267. The Kier molecular flexibility index (Phi) is 7.53. The van der Waals surface area contributed by atoms with Crippen LogP contribution in [0.4, 0.5) is 11.6 Å². The highest BCUT2D eigenvalue weighted by molar-refractivity contribution is 6.33. The molecular weight excluding hydrogens is 516 g/mol. The van der Waals surface area contributed by atoms with Gasteiger partial charge in [-0.1, -0.05) is 48.0 Å². The maximum atomic E-state index is 13.4. The van der Waals surface area contributed by atoms with Crippen LogP contribution in [0, 0.1) is 6.92 Å². The van der Waals surface area contributed by atoms with Gasteiger partial charge in [-0.05, 0) is 49.7 Å². The van der Waals surface area contributed by atoms with E-state index in [4.69, 9.17) is 11.6 Å². The SMILES string of the molecule is Cc1cccc([C@@H](CO)NC(=O)[C@@H](C)N2Cc3ccc(-c4nc(Nc5ccccc5)ncc4Cl)cc3C2=O)n1. The highest BCUT2D eigenvalue weighted by Crippen LogP contribution is 2.32. The molecule has 0 radical (unpaired) electrons. The van der Waals surface area contributed by atoms with Crippen molar-refractivity contribution in [3.63, 3.8) is 0 Å². The highest BCUT2D eigenvalue weighted by Gasteiger charge is 2.35. The van der Waals surface area contributed by atoms with E-state index in [1.165, 1.54) is 11.1 Å². The van der Waals surface area contributed by atoms with Crippen LogP contribution in [-0.2, 0) is 11.3 Å². The molecule has 4 aromatic rings. The number of aliphatic hydroxyl groups is 1. The Morgan fingerprint density at radius 2 is 1.90 bits per heavy atom. The maximum absolute atomic E-state index is 13.4. The Bertz CT molecular complexity index is 1530. The van der Waals surface area contributed by atoms with Gasteiger partial charge in [0.15, 0.2) is 0 Å². The first kappa shape index (κ1) is 26.3. The second-order valence-electron chi connectivity index (χ2n) is 9.31. The molecule has 2 atom stereocenters. The summed E-state index contributed by atoms with van der Waals surface area (Å²) >= 11 is 6.44. The zero-order valence-electron chi connectivity index (χ0n) is 21.4. The molecule has 0 aliphatic carbocycles. The summed E-state index contributed by atoms with van der Waals surface area (Å²) in [6, 6.07) is 18.9. The molecule has 198 valence electrons. The molecule has 2 amide bonds. The summed E-state index contributed by atoms with van der Waals surface area (Å²) in [6.07, 6.45) is 1.52. The van der Waals surface area contributed by atoms with Gasteiger partial charge in [-0.25, -0.2) is 9.97 Å². The van der Waals surface area contributed by atoms with Crippen LogP contribution in [0.3, 0.4) is 0 Å². The third-order valence-corrected chi connectivity index (χ3v) is 6.88. The smallest absolute Gasteiger partial charge is 0.255 e. The number of carbonyl (C=O) groups excluding carboxylic acids is 2.